The second-order valence-corrected chi connectivity index (χ2v) is 5.16. The molecule has 2 aromatic carbocycles. The zero-order valence-electron chi connectivity index (χ0n) is 12.6. The van der Waals surface area contributed by atoms with Crippen molar-refractivity contribution in [2.75, 3.05) is 5.73 Å². The molecule has 0 saturated heterocycles. The van der Waals surface area contributed by atoms with Crippen LogP contribution in [0.1, 0.15) is 0 Å². The molecular weight excluding hydrogens is 302 g/mol. The second kappa shape index (κ2) is 5.92. The van der Waals surface area contributed by atoms with Gasteiger partial charge in [-0.1, -0.05) is 36.4 Å². The van der Waals surface area contributed by atoms with E-state index in [1.165, 1.54) is 0 Å². The molecule has 0 atom stereocenters. The molecule has 0 amide bonds. The first kappa shape index (κ1) is 14.1. The molecule has 0 unspecified atom stereocenters. The predicted octanol–water partition coefficient (Wildman–Crippen LogP) is 3.44. The minimum Gasteiger partial charge on any atom is -0.415 e. The summed E-state index contributed by atoms with van der Waals surface area (Å²) < 4.78 is 5.72. The van der Waals surface area contributed by atoms with Crippen LogP contribution in [0.4, 0.5) is 5.69 Å². The fourth-order valence-corrected chi connectivity index (χ4v) is 2.35. The molecule has 116 valence electrons. The van der Waals surface area contributed by atoms with Crippen molar-refractivity contribution in [2.24, 2.45) is 0 Å². The van der Waals surface area contributed by atoms with E-state index in [1.54, 1.807) is 12.4 Å². The summed E-state index contributed by atoms with van der Waals surface area (Å²) >= 11 is 0. The van der Waals surface area contributed by atoms with Gasteiger partial charge in [0, 0.05) is 16.8 Å². The van der Waals surface area contributed by atoms with Crippen molar-refractivity contribution in [2.45, 2.75) is 0 Å². The Bertz CT molecular complexity index is 981. The summed E-state index contributed by atoms with van der Waals surface area (Å²) in [7, 11) is 0. The Morgan fingerprint density at radius 2 is 1.46 bits per heavy atom. The smallest absolute Gasteiger partial charge is 0.268 e. The highest BCUT2D eigenvalue weighted by Gasteiger charge is 2.13. The summed E-state index contributed by atoms with van der Waals surface area (Å²) in [6.45, 7) is 0. The Balaban J connectivity index is 1.72. The van der Waals surface area contributed by atoms with E-state index >= 15 is 0 Å². The number of nitrogens with zero attached hydrogens (tertiary/aromatic N) is 4. The topological polar surface area (TPSA) is 90.7 Å². The molecule has 0 saturated carbocycles. The van der Waals surface area contributed by atoms with E-state index in [2.05, 4.69) is 20.2 Å². The molecule has 2 heterocycles. The molecule has 0 aliphatic heterocycles. The summed E-state index contributed by atoms with van der Waals surface area (Å²) in [6.07, 6.45) is 3.24. The van der Waals surface area contributed by atoms with E-state index in [1.807, 2.05) is 54.6 Å². The number of hydrogen-bond acceptors (Lipinski definition) is 6. The molecule has 2 aromatic heterocycles. The molecular formula is C18H13N5O. The SMILES string of the molecule is Nc1ccccc1-c1cncc(-c2nnc(-c3ccccc3)o2)n1. The van der Waals surface area contributed by atoms with E-state index in [9.17, 15) is 0 Å². The predicted molar refractivity (Wildman–Crippen MR) is 90.6 cm³/mol. The van der Waals surface area contributed by atoms with Crippen LogP contribution in [-0.2, 0) is 0 Å². The first-order valence-corrected chi connectivity index (χ1v) is 7.37. The van der Waals surface area contributed by atoms with Crippen molar-refractivity contribution in [3.05, 3.63) is 67.0 Å². The van der Waals surface area contributed by atoms with Gasteiger partial charge in [-0.3, -0.25) is 4.98 Å². The van der Waals surface area contributed by atoms with E-state index in [0.717, 1.165) is 11.1 Å². The van der Waals surface area contributed by atoms with Gasteiger partial charge in [-0.25, -0.2) is 4.98 Å². The molecule has 0 bridgehead atoms. The van der Waals surface area contributed by atoms with Crippen LogP contribution < -0.4 is 5.73 Å². The quantitative estimate of drug-likeness (QED) is 0.582. The molecule has 0 radical (unpaired) electrons. The second-order valence-electron chi connectivity index (χ2n) is 5.16. The number of anilines is 1. The van der Waals surface area contributed by atoms with E-state index in [-0.39, 0.29) is 0 Å². The maximum Gasteiger partial charge on any atom is 0.268 e. The van der Waals surface area contributed by atoms with Gasteiger partial charge in [-0.2, -0.15) is 0 Å². The lowest BCUT2D eigenvalue weighted by Crippen LogP contribution is -1.94. The maximum atomic E-state index is 6.00. The first-order valence-electron chi connectivity index (χ1n) is 7.37. The van der Waals surface area contributed by atoms with Crippen molar-refractivity contribution in [1.82, 2.24) is 20.2 Å². The Kier molecular flexibility index (Phi) is 3.47. The average Bonchev–Trinajstić information content (AvgIpc) is 3.13. The summed E-state index contributed by atoms with van der Waals surface area (Å²) in [5.41, 5.74) is 9.47. The van der Waals surface area contributed by atoms with Crippen molar-refractivity contribution in [1.29, 1.82) is 0 Å². The lowest BCUT2D eigenvalue weighted by molar-refractivity contribution is 0.582. The Morgan fingerprint density at radius 3 is 2.29 bits per heavy atom. The van der Waals surface area contributed by atoms with Crippen LogP contribution in [0.15, 0.2) is 71.4 Å². The van der Waals surface area contributed by atoms with Crippen LogP contribution in [-0.4, -0.2) is 20.2 Å². The van der Waals surface area contributed by atoms with Crippen molar-refractivity contribution < 1.29 is 4.42 Å². The van der Waals surface area contributed by atoms with Gasteiger partial charge >= 0.3 is 0 Å². The molecule has 24 heavy (non-hydrogen) atoms. The Hall–Kier alpha value is -3.54. The van der Waals surface area contributed by atoms with Crippen molar-refractivity contribution in [3.63, 3.8) is 0 Å². The molecule has 0 spiro atoms. The number of benzene rings is 2. The third-order valence-corrected chi connectivity index (χ3v) is 3.54. The van der Waals surface area contributed by atoms with Gasteiger partial charge in [0.1, 0.15) is 5.69 Å². The zero-order valence-corrected chi connectivity index (χ0v) is 12.6. The summed E-state index contributed by atoms with van der Waals surface area (Å²) in [5, 5.41) is 8.14. The third-order valence-electron chi connectivity index (χ3n) is 3.54. The highest BCUT2D eigenvalue weighted by Crippen LogP contribution is 2.26. The first-order chi connectivity index (χ1) is 11.8. The van der Waals surface area contributed by atoms with Crippen LogP contribution in [0.3, 0.4) is 0 Å². The summed E-state index contributed by atoms with van der Waals surface area (Å²) in [6, 6.07) is 17.1. The molecule has 0 aliphatic carbocycles. The van der Waals surface area contributed by atoms with Crippen LogP contribution in [0.5, 0.6) is 0 Å². The monoisotopic (exact) mass is 315 g/mol. The van der Waals surface area contributed by atoms with Crippen LogP contribution in [0.25, 0.3) is 34.3 Å². The lowest BCUT2D eigenvalue weighted by Gasteiger charge is -2.04. The Morgan fingerprint density at radius 1 is 0.750 bits per heavy atom. The molecule has 0 fully saturated rings. The zero-order chi connectivity index (χ0) is 16.4. The fourth-order valence-electron chi connectivity index (χ4n) is 2.35. The van der Waals surface area contributed by atoms with E-state index in [0.29, 0.717) is 28.9 Å². The van der Waals surface area contributed by atoms with Gasteiger partial charge in [0.05, 0.1) is 18.1 Å². The third kappa shape index (κ3) is 2.61. The number of hydrogen-bond donors (Lipinski definition) is 1. The lowest BCUT2D eigenvalue weighted by atomic mass is 10.1. The normalized spacial score (nSPS) is 10.7. The van der Waals surface area contributed by atoms with Gasteiger partial charge in [0.15, 0.2) is 0 Å². The number of nitrogen functional groups attached to an aromatic ring is 1. The molecule has 6 nitrogen and oxygen atoms in total. The Labute approximate surface area is 138 Å². The maximum absolute atomic E-state index is 6.00. The average molecular weight is 315 g/mol. The minimum atomic E-state index is 0.317. The van der Waals surface area contributed by atoms with Gasteiger partial charge in [-0.05, 0) is 18.2 Å². The van der Waals surface area contributed by atoms with Gasteiger partial charge in [0.2, 0.25) is 5.89 Å². The summed E-state index contributed by atoms with van der Waals surface area (Å²) in [4.78, 5) is 8.76. The van der Waals surface area contributed by atoms with Crippen LogP contribution >= 0.6 is 0 Å². The number of aromatic nitrogens is 4. The standard InChI is InChI=1S/C18H13N5O/c19-14-9-5-4-8-13(14)15-10-20-11-16(21-15)18-23-22-17(24-18)12-6-2-1-3-7-12/h1-11H,19H2. The molecule has 6 heteroatoms. The highest BCUT2D eigenvalue weighted by atomic mass is 16.4. The van der Waals surface area contributed by atoms with Crippen molar-refractivity contribution in [3.8, 4) is 34.3 Å². The molecule has 4 aromatic rings. The van der Waals surface area contributed by atoms with E-state index < -0.39 is 0 Å². The van der Waals surface area contributed by atoms with Crippen LogP contribution in [0.2, 0.25) is 0 Å². The number of para-hydroxylation sites is 1. The van der Waals surface area contributed by atoms with Gasteiger partial charge in [0.25, 0.3) is 5.89 Å². The van der Waals surface area contributed by atoms with E-state index in [4.69, 9.17) is 10.2 Å². The van der Waals surface area contributed by atoms with Crippen LogP contribution in [0, 0.1) is 0 Å². The molecule has 0 aliphatic rings. The largest absolute Gasteiger partial charge is 0.415 e. The molecule has 2 N–H and O–H groups in total. The summed E-state index contributed by atoms with van der Waals surface area (Å²) in [5.74, 6) is 0.759. The number of rotatable bonds is 3. The van der Waals surface area contributed by atoms with Gasteiger partial charge in [-0.15, -0.1) is 10.2 Å². The fraction of sp³-hybridized carbons (Fsp3) is 0. The number of nitrogens with two attached hydrogens (primary N) is 1. The van der Waals surface area contributed by atoms with Crippen molar-refractivity contribution >= 4 is 5.69 Å². The van der Waals surface area contributed by atoms with Gasteiger partial charge < -0.3 is 10.2 Å². The highest BCUT2D eigenvalue weighted by molar-refractivity contribution is 5.74. The minimum absolute atomic E-state index is 0.317. The molecule has 4 rings (SSSR count).